The normalized spacial score (nSPS) is 10.8. The first-order valence-electron chi connectivity index (χ1n) is 5.25. The molecular formula is C13H10F2O3. The van der Waals surface area contributed by atoms with Crippen molar-refractivity contribution in [3.63, 3.8) is 0 Å². The van der Waals surface area contributed by atoms with E-state index in [-0.39, 0.29) is 11.3 Å². The summed E-state index contributed by atoms with van der Waals surface area (Å²) in [4.78, 5) is 11.0. The SMILES string of the molecule is O=C(O)c1ccc2ccccc2c1OCC(F)F. The molecule has 2 aromatic rings. The maximum atomic E-state index is 12.2. The number of alkyl halides is 2. The number of benzene rings is 2. The monoisotopic (exact) mass is 252 g/mol. The van der Waals surface area contributed by atoms with Crippen molar-refractivity contribution in [1.29, 1.82) is 0 Å². The van der Waals surface area contributed by atoms with E-state index in [2.05, 4.69) is 0 Å². The van der Waals surface area contributed by atoms with Crippen LogP contribution < -0.4 is 4.74 Å². The standard InChI is InChI=1S/C13H10F2O3/c14-11(15)7-18-12-9-4-2-1-3-8(9)5-6-10(12)13(16)17/h1-6,11H,7H2,(H,16,17). The third-order valence-electron chi connectivity index (χ3n) is 2.46. The number of fused-ring (bicyclic) bond motifs is 1. The fraction of sp³-hybridized carbons (Fsp3) is 0.154. The van der Waals surface area contributed by atoms with Crippen LogP contribution in [0.2, 0.25) is 0 Å². The molecule has 2 rings (SSSR count). The highest BCUT2D eigenvalue weighted by atomic mass is 19.3. The number of carbonyl (C=O) groups is 1. The van der Waals surface area contributed by atoms with E-state index in [1.807, 2.05) is 0 Å². The molecule has 0 fully saturated rings. The van der Waals surface area contributed by atoms with Crippen LogP contribution in [-0.4, -0.2) is 24.1 Å². The molecule has 1 N–H and O–H groups in total. The van der Waals surface area contributed by atoms with Gasteiger partial charge in [0.1, 0.15) is 17.9 Å². The minimum atomic E-state index is -2.65. The maximum absolute atomic E-state index is 12.2. The first kappa shape index (κ1) is 12.3. The van der Waals surface area contributed by atoms with Gasteiger partial charge in [-0.25, -0.2) is 13.6 Å². The molecule has 5 heteroatoms. The molecule has 3 nitrogen and oxygen atoms in total. The van der Waals surface area contributed by atoms with Gasteiger partial charge in [-0.2, -0.15) is 0 Å². The predicted octanol–water partition coefficient (Wildman–Crippen LogP) is 3.18. The summed E-state index contributed by atoms with van der Waals surface area (Å²) in [5.41, 5.74) is -0.116. The fourth-order valence-electron chi connectivity index (χ4n) is 1.71. The number of rotatable bonds is 4. The molecule has 0 heterocycles. The van der Waals surface area contributed by atoms with Gasteiger partial charge in [-0.15, -0.1) is 0 Å². The van der Waals surface area contributed by atoms with E-state index < -0.39 is 19.0 Å². The minimum Gasteiger partial charge on any atom is -0.486 e. The second kappa shape index (κ2) is 5.00. The molecule has 0 spiro atoms. The lowest BCUT2D eigenvalue weighted by atomic mass is 10.1. The van der Waals surface area contributed by atoms with Gasteiger partial charge in [-0.05, 0) is 11.5 Å². The Morgan fingerprint density at radius 3 is 2.61 bits per heavy atom. The first-order chi connectivity index (χ1) is 8.59. The molecule has 94 valence electrons. The van der Waals surface area contributed by atoms with E-state index in [0.29, 0.717) is 5.39 Å². The number of hydrogen-bond acceptors (Lipinski definition) is 2. The summed E-state index contributed by atoms with van der Waals surface area (Å²) in [5.74, 6) is -1.22. The van der Waals surface area contributed by atoms with E-state index in [9.17, 15) is 13.6 Å². The molecule has 0 amide bonds. The number of hydrogen-bond donors (Lipinski definition) is 1. The summed E-state index contributed by atoms with van der Waals surface area (Å²) < 4.78 is 29.3. The van der Waals surface area contributed by atoms with E-state index in [0.717, 1.165) is 5.39 Å². The quantitative estimate of drug-likeness (QED) is 0.909. The Kier molecular flexibility index (Phi) is 3.41. The third-order valence-corrected chi connectivity index (χ3v) is 2.46. The van der Waals surface area contributed by atoms with Gasteiger partial charge in [-0.1, -0.05) is 30.3 Å². The second-order valence-corrected chi connectivity index (χ2v) is 3.67. The zero-order valence-electron chi connectivity index (χ0n) is 9.27. The molecule has 0 saturated carbocycles. The number of carboxylic acids is 1. The lowest BCUT2D eigenvalue weighted by Gasteiger charge is -2.11. The van der Waals surface area contributed by atoms with Gasteiger partial charge in [0, 0.05) is 5.39 Å². The Balaban J connectivity index is 2.55. The van der Waals surface area contributed by atoms with Crippen molar-refractivity contribution in [1.82, 2.24) is 0 Å². The van der Waals surface area contributed by atoms with Crippen molar-refractivity contribution >= 4 is 16.7 Å². The average molecular weight is 252 g/mol. The lowest BCUT2D eigenvalue weighted by molar-refractivity contribution is 0.0666. The van der Waals surface area contributed by atoms with E-state index in [1.165, 1.54) is 6.07 Å². The molecule has 0 radical (unpaired) electrons. The van der Waals surface area contributed by atoms with Crippen molar-refractivity contribution < 1.29 is 23.4 Å². The van der Waals surface area contributed by atoms with Crippen LogP contribution in [0.15, 0.2) is 36.4 Å². The van der Waals surface area contributed by atoms with Crippen molar-refractivity contribution in [2.24, 2.45) is 0 Å². The van der Waals surface area contributed by atoms with Gasteiger partial charge in [0.2, 0.25) is 0 Å². The predicted molar refractivity (Wildman–Crippen MR) is 62.4 cm³/mol. The molecule has 0 atom stereocenters. The zero-order valence-corrected chi connectivity index (χ0v) is 9.27. The van der Waals surface area contributed by atoms with Gasteiger partial charge in [-0.3, -0.25) is 0 Å². The van der Waals surface area contributed by atoms with Gasteiger partial charge in [0.15, 0.2) is 0 Å². The molecule has 0 aliphatic rings. The third kappa shape index (κ3) is 2.40. The number of aromatic carboxylic acids is 1. The van der Waals surface area contributed by atoms with Crippen LogP contribution in [0.4, 0.5) is 8.78 Å². The summed E-state index contributed by atoms with van der Waals surface area (Å²) in [6.07, 6.45) is -2.65. The average Bonchev–Trinajstić information content (AvgIpc) is 2.35. The van der Waals surface area contributed by atoms with Crippen molar-refractivity contribution in [2.75, 3.05) is 6.61 Å². The molecule has 0 aliphatic heterocycles. The summed E-state index contributed by atoms with van der Waals surface area (Å²) in [6, 6.07) is 9.85. The van der Waals surface area contributed by atoms with Crippen LogP contribution in [-0.2, 0) is 0 Å². The van der Waals surface area contributed by atoms with Crippen molar-refractivity contribution in [2.45, 2.75) is 6.43 Å². The summed E-state index contributed by atoms with van der Waals surface area (Å²) >= 11 is 0. The Labute approximate surface area is 102 Å². The molecular weight excluding hydrogens is 242 g/mol. The summed E-state index contributed by atoms with van der Waals surface area (Å²) in [6.45, 7) is -0.825. The lowest BCUT2D eigenvalue weighted by Crippen LogP contribution is -2.10. The van der Waals surface area contributed by atoms with Crippen LogP contribution in [0.5, 0.6) is 5.75 Å². The van der Waals surface area contributed by atoms with Crippen LogP contribution in [0.25, 0.3) is 10.8 Å². The van der Waals surface area contributed by atoms with Crippen LogP contribution >= 0.6 is 0 Å². The van der Waals surface area contributed by atoms with Crippen LogP contribution in [0.1, 0.15) is 10.4 Å². The smallest absolute Gasteiger partial charge is 0.339 e. The highest BCUT2D eigenvalue weighted by Gasteiger charge is 2.16. The zero-order chi connectivity index (χ0) is 13.1. The molecule has 18 heavy (non-hydrogen) atoms. The number of ether oxygens (including phenoxy) is 1. The van der Waals surface area contributed by atoms with Crippen LogP contribution in [0, 0.1) is 0 Å². The highest BCUT2D eigenvalue weighted by Crippen LogP contribution is 2.30. The topological polar surface area (TPSA) is 46.5 Å². The largest absolute Gasteiger partial charge is 0.486 e. The minimum absolute atomic E-state index is 0.0131. The van der Waals surface area contributed by atoms with Gasteiger partial charge < -0.3 is 9.84 Å². The second-order valence-electron chi connectivity index (χ2n) is 3.67. The Hall–Kier alpha value is -2.17. The van der Waals surface area contributed by atoms with Crippen LogP contribution in [0.3, 0.4) is 0 Å². The number of carboxylic acid groups (broad SMARTS) is 1. The molecule has 2 aromatic carbocycles. The molecule has 0 aliphatic carbocycles. The summed E-state index contributed by atoms with van der Waals surface area (Å²) in [7, 11) is 0. The molecule has 0 bridgehead atoms. The fourth-order valence-corrected chi connectivity index (χ4v) is 1.71. The number of halogens is 2. The van der Waals surface area contributed by atoms with Gasteiger partial charge in [0.25, 0.3) is 6.43 Å². The Morgan fingerprint density at radius 2 is 1.94 bits per heavy atom. The summed E-state index contributed by atoms with van der Waals surface area (Å²) in [5, 5.41) is 10.3. The Morgan fingerprint density at radius 1 is 1.22 bits per heavy atom. The molecule has 0 saturated heterocycles. The maximum Gasteiger partial charge on any atom is 0.339 e. The van der Waals surface area contributed by atoms with E-state index in [1.54, 1.807) is 30.3 Å². The Bertz CT molecular complexity index is 581. The van der Waals surface area contributed by atoms with E-state index in [4.69, 9.17) is 9.84 Å². The van der Waals surface area contributed by atoms with Gasteiger partial charge >= 0.3 is 5.97 Å². The first-order valence-corrected chi connectivity index (χ1v) is 5.25. The van der Waals surface area contributed by atoms with Gasteiger partial charge in [0.05, 0.1) is 0 Å². The van der Waals surface area contributed by atoms with Crippen molar-refractivity contribution in [3.05, 3.63) is 42.0 Å². The highest BCUT2D eigenvalue weighted by molar-refractivity contribution is 6.00. The molecule has 0 aromatic heterocycles. The van der Waals surface area contributed by atoms with E-state index >= 15 is 0 Å². The molecule has 0 unspecified atom stereocenters. The van der Waals surface area contributed by atoms with Crippen molar-refractivity contribution in [3.8, 4) is 5.75 Å².